The van der Waals surface area contributed by atoms with E-state index in [0.717, 1.165) is 25.0 Å². The summed E-state index contributed by atoms with van der Waals surface area (Å²) < 4.78 is 38.4. The van der Waals surface area contributed by atoms with Crippen LogP contribution in [0.1, 0.15) is 34.5 Å². The van der Waals surface area contributed by atoms with E-state index in [1.807, 2.05) is 0 Å². The average Bonchev–Trinajstić information content (AvgIpc) is 3.48. The van der Waals surface area contributed by atoms with Crippen molar-refractivity contribution in [1.82, 2.24) is 24.5 Å². The smallest absolute Gasteiger partial charge is 0.273 e. The molecule has 2 aliphatic rings. The van der Waals surface area contributed by atoms with E-state index in [4.69, 9.17) is 4.74 Å². The summed E-state index contributed by atoms with van der Waals surface area (Å²) >= 11 is 0. The Morgan fingerprint density at radius 3 is 2.63 bits per heavy atom. The summed E-state index contributed by atoms with van der Waals surface area (Å²) in [5.74, 6) is -1.63. The maximum atomic E-state index is 14.7. The molecule has 156 valence electrons. The number of carbonyl (C=O) groups is 1. The van der Waals surface area contributed by atoms with Gasteiger partial charge in [0.2, 0.25) is 0 Å². The summed E-state index contributed by atoms with van der Waals surface area (Å²) in [5.41, 5.74) is 2.16. The van der Waals surface area contributed by atoms with Crippen LogP contribution < -0.4 is 0 Å². The Bertz CT molecular complexity index is 1090. The Balaban J connectivity index is 1.36. The summed E-state index contributed by atoms with van der Waals surface area (Å²) in [7, 11) is 1.74. The zero-order valence-corrected chi connectivity index (χ0v) is 16.5. The maximum absolute atomic E-state index is 14.7. The third kappa shape index (κ3) is 3.28. The third-order valence-electron chi connectivity index (χ3n) is 5.70. The van der Waals surface area contributed by atoms with Crippen molar-refractivity contribution in [3.63, 3.8) is 0 Å². The van der Waals surface area contributed by atoms with E-state index in [0.29, 0.717) is 23.4 Å². The minimum atomic E-state index is -0.682. The Morgan fingerprint density at radius 1 is 1.17 bits per heavy atom. The van der Waals surface area contributed by atoms with Gasteiger partial charge in [0.15, 0.2) is 0 Å². The molecule has 1 fully saturated rings. The second kappa shape index (κ2) is 7.32. The van der Waals surface area contributed by atoms with Crippen LogP contribution in [-0.4, -0.2) is 43.1 Å². The van der Waals surface area contributed by atoms with Gasteiger partial charge in [-0.1, -0.05) is 0 Å². The highest BCUT2D eigenvalue weighted by atomic mass is 19.1. The van der Waals surface area contributed by atoms with Crippen LogP contribution in [-0.2, 0) is 31.4 Å². The zero-order valence-electron chi connectivity index (χ0n) is 16.5. The number of amides is 1. The van der Waals surface area contributed by atoms with Crippen molar-refractivity contribution >= 4 is 5.91 Å². The molecule has 0 N–H and O–H groups in total. The molecule has 2 aromatic heterocycles. The van der Waals surface area contributed by atoms with Crippen LogP contribution in [0.3, 0.4) is 0 Å². The van der Waals surface area contributed by atoms with Gasteiger partial charge in [0, 0.05) is 36.5 Å². The fourth-order valence-electron chi connectivity index (χ4n) is 4.14. The van der Waals surface area contributed by atoms with Gasteiger partial charge < -0.3 is 9.64 Å². The number of halogens is 2. The van der Waals surface area contributed by atoms with Crippen LogP contribution in [0.2, 0.25) is 0 Å². The lowest BCUT2D eigenvalue weighted by molar-refractivity contribution is 0.0732. The van der Waals surface area contributed by atoms with E-state index >= 15 is 0 Å². The molecule has 1 atom stereocenters. The molecule has 0 bridgehead atoms. The van der Waals surface area contributed by atoms with E-state index < -0.39 is 11.6 Å². The van der Waals surface area contributed by atoms with Crippen molar-refractivity contribution in [3.05, 3.63) is 59.2 Å². The average molecular weight is 413 g/mol. The Hall–Kier alpha value is -3.07. The minimum Gasteiger partial charge on any atom is -0.376 e. The van der Waals surface area contributed by atoms with Crippen LogP contribution in [0.15, 0.2) is 30.7 Å². The highest BCUT2D eigenvalue weighted by Crippen LogP contribution is 2.29. The molecule has 5 rings (SSSR count). The van der Waals surface area contributed by atoms with Crippen molar-refractivity contribution < 1.29 is 18.3 Å². The van der Waals surface area contributed by atoms with Gasteiger partial charge >= 0.3 is 0 Å². The first-order chi connectivity index (χ1) is 14.5. The molecule has 0 spiro atoms. The summed E-state index contributed by atoms with van der Waals surface area (Å²) in [5, 5.41) is 8.34. The second-order valence-electron chi connectivity index (χ2n) is 7.82. The van der Waals surface area contributed by atoms with Crippen molar-refractivity contribution in [1.29, 1.82) is 0 Å². The van der Waals surface area contributed by atoms with E-state index in [1.54, 1.807) is 35.0 Å². The molecule has 1 saturated heterocycles. The Morgan fingerprint density at radius 2 is 1.97 bits per heavy atom. The molecule has 1 unspecified atom stereocenters. The fourth-order valence-corrected chi connectivity index (χ4v) is 4.14. The number of nitrogens with zero attached hydrogens (tertiary/aromatic N) is 5. The molecule has 30 heavy (non-hydrogen) atoms. The van der Waals surface area contributed by atoms with Crippen LogP contribution >= 0.6 is 0 Å². The molecule has 0 radical (unpaired) electrons. The lowest BCUT2D eigenvalue weighted by Crippen LogP contribution is -2.28. The molecule has 2 aliphatic heterocycles. The standard InChI is InChI=1S/C21H21F2N5O2/c1-26-9-14(7-24-26)13-5-18(22)17(19(23)6-13)12-27-10-15-8-25-28(20(15)21(27)29)11-16-3-2-4-30-16/h5-9,16H,2-4,10-12H2,1H3. The monoisotopic (exact) mass is 413 g/mol. The van der Waals surface area contributed by atoms with Gasteiger partial charge in [-0.2, -0.15) is 10.2 Å². The van der Waals surface area contributed by atoms with Gasteiger partial charge in [0.25, 0.3) is 5.91 Å². The quantitative estimate of drug-likeness (QED) is 0.645. The first-order valence-electron chi connectivity index (χ1n) is 9.92. The summed E-state index contributed by atoms with van der Waals surface area (Å²) in [6.07, 6.45) is 6.88. The number of fused-ring (bicyclic) bond motifs is 1. The molecule has 1 aromatic carbocycles. The molecule has 0 aliphatic carbocycles. The molecule has 9 heteroatoms. The van der Waals surface area contributed by atoms with Crippen LogP contribution in [0.25, 0.3) is 11.1 Å². The number of aromatic nitrogens is 4. The first kappa shape index (κ1) is 18.9. The molecule has 7 nitrogen and oxygen atoms in total. The molecule has 4 heterocycles. The van der Waals surface area contributed by atoms with Crippen LogP contribution in [0.5, 0.6) is 0 Å². The summed E-state index contributed by atoms with van der Waals surface area (Å²) in [6, 6.07) is 2.56. The topological polar surface area (TPSA) is 65.2 Å². The van der Waals surface area contributed by atoms with Gasteiger partial charge in [0.05, 0.1) is 38.1 Å². The second-order valence-corrected chi connectivity index (χ2v) is 7.82. The lowest BCUT2D eigenvalue weighted by Gasteiger charge is -2.18. The highest BCUT2D eigenvalue weighted by Gasteiger charge is 2.34. The normalized spacial score (nSPS) is 18.4. The number of hydrogen-bond donors (Lipinski definition) is 0. The molecular formula is C21H21F2N5O2. The van der Waals surface area contributed by atoms with E-state index in [9.17, 15) is 13.6 Å². The van der Waals surface area contributed by atoms with Gasteiger partial charge in [-0.3, -0.25) is 14.2 Å². The summed E-state index contributed by atoms with van der Waals surface area (Å²) in [6.45, 7) is 1.38. The highest BCUT2D eigenvalue weighted by molar-refractivity contribution is 5.96. The lowest BCUT2D eigenvalue weighted by atomic mass is 10.1. The number of benzene rings is 1. The summed E-state index contributed by atoms with van der Waals surface area (Å²) in [4.78, 5) is 14.4. The van der Waals surface area contributed by atoms with Gasteiger partial charge in [-0.25, -0.2) is 8.78 Å². The van der Waals surface area contributed by atoms with E-state index in [2.05, 4.69) is 10.2 Å². The van der Waals surface area contributed by atoms with Crippen LogP contribution in [0.4, 0.5) is 8.78 Å². The molecular weight excluding hydrogens is 392 g/mol. The number of aryl methyl sites for hydroxylation is 1. The number of rotatable bonds is 5. The Labute approximate surface area is 171 Å². The fraction of sp³-hybridized carbons (Fsp3) is 0.381. The first-order valence-corrected chi connectivity index (χ1v) is 9.92. The van der Waals surface area contributed by atoms with Gasteiger partial charge in [0.1, 0.15) is 17.3 Å². The zero-order chi connectivity index (χ0) is 20.8. The van der Waals surface area contributed by atoms with Crippen molar-refractivity contribution in [2.45, 2.75) is 38.6 Å². The largest absolute Gasteiger partial charge is 0.376 e. The van der Waals surface area contributed by atoms with Gasteiger partial charge in [-0.05, 0) is 30.5 Å². The third-order valence-corrected chi connectivity index (χ3v) is 5.70. The minimum absolute atomic E-state index is 0.0470. The van der Waals surface area contributed by atoms with Crippen LogP contribution in [0, 0.1) is 11.6 Å². The van der Waals surface area contributed by atoms with E-state index in [-0.39, 0.29) is 30.7 Å². The number of carbonyl (C=O) groups excluding carboxylic acids is 1. The predicted octanol–water partition coefficient (Wildman–Crippen LogP) is 2.90. The van der Waals surface area contributed by atoms with Crippen molar-refractivity contribution in [3.8, 4) is 11.1 Å². The number of hydrogen-bond acceptors (Lipinski definition) is 4. The molecule has 1 amide bonds. The maximum Gasteiger partial charge on any atom is 0.273 e. The molecule has 3 aromatic rings. The van der Waals surface area contributed by atoms with E-state index in [1.165, 1.54) is 17.0 Å². The predicted molar refractivity (Wildman–Crippen MR) is 103 cm³/mol. The van der Waals surface area contributed by atoms with Crippen molar-refractivity contribution in [2.75, 3.05) is 6.61 Å². The van der Waals surface area contributed by atoms with Crippen molar-refractivity contribution in [2.24, 2.45) is 7.05 Å². The Kier molecular flexibility index (Phi) is 4.62. The van der Waals surface area contributed by atoms with Gasteiger partial charge in [-0.15, -0.1) is 0 Å². The molecule has 0 saturated carbocycles. The SMILES string of the molecule is Cn1cc(-c2cc(F)c(CN3Cc4cnn(CC5CCCO5)c4C3=O)c(F)c2)cn1. The number of ether oxygens (including phenoxy) is 1.